The summed E-state index contributed by atoms with van der Waals surface area (Å²) in [6.07, 6.45) is 14.6. The van der Waals surface area contributed by atoms with Crippen molar-refractivity contribution >= 4 is 5.84 Å². The summed E-state index contributed by atoms with van der Waals surface area (Å²) in [5.41, 5.74) is 1.25. The van der Waals surface area contributed by atoms with Gasteiger partial charge in [0.05, 0.1) is 30.9 Å². The van der Waals surface area contributed by atoms with Crippen LogP contribution < -0.4 is 10.1 Å². The van der Waals surface area contributed by atoms with E-state index >= 15 is 0 Å². The number of pyridine rings is 1. The van der Waals surface area contributed by atoms with Crippen LogP contribution in [0.2, 0.25) is 0 Å². The molecule has 1 aromatic heterocycles. The van der Waals surface area contributed by atoms with E-state index in [0.717, 1.165) is 56.3 Å². The standard InChI is InChI=1S/C26H36N6O/c1-25(21-9-4-7-19(28-21)24-20(33-3)8-6-14-27-24)17-32-22(29-25)10-5-11-23(32)31-16-15-30(2)26(18-31)12-13-26/h5-6,8,10-11,14,19,21,28H,4,7,9,12-13,15-18H2,1-3H3/t19-,21+,25?/m0/s1. The van der Waals surface area contributed by atoms with Crippen LogP contribution in [-0.2, 0) is 0 Å². The molecule has 0 aromatic carbocycles. The van der Waals surface area contributed by atoms with E-state index in [9.17, 15) is 0 Å². The fraction of sp³-hybridized carbons (Fsp3) is 0.615. The van der Waals surface area contributed by atoms with Crippen LogP contribution in [0.5, 0.6) is 5.75 Å². The Labute approximate surface area is 197 Å². The predicted molar refractivity (Wildman–Crippen MR) is 130 cm³/mol. The SMILES string of the molecule is COc1cccnc1[C@@H]1CCC[C@H](C2(C)CN3C(N4CCN(C)C5(CC5)C4)=CC=CC3=N2)N1. The zero-order chi connectivity index (χ0) is 22.6. The van der Waals surface area contributed by atoms with Gasteiger partial charge in [-0.2, -0.15) is 0 Å². The summed E-state index contributed by atoms with van der Waals surface area (Å²) in [6, 6.07) is 4.45. The van der Waals surface area contributed by atoms with Crippen molar-refractivity contribution in [2.75, 3.05) is 40.3 Å². The number of piperazine rings is 1. The summed E-state index contributed by atoms with van der Waals surface area (Å²) < 4.78 is 5.61. The van der Waals surface area contributed by atoms with E-state index in [1.54, 1.807) is 7.11 Å². The highest BCUT2D eigenvalue weighted by molar-refractivity contribution is 5.97. The minimum absolute atomic E-state index is 0.173. The van der Waals surface area contributed by atoms with Gasteiger partial charge in [-0.25, -0.2) is 0 Å². The molecule has 176 valence electrons. The van der Waals surface area contributed by atoms with Crippen LogP contribution in [0, 0.1) is 0 Å². The largest absolute Gasteiger partial charge is 0.495 e. The van der Waals surface area contributed by atoms with Gasteiger partial charge in [0.15, 0.2) is 0 Å². The Morgan fingerprint density at radius 3 is 2.88 bits per heavy atom. The maximum Gasteiger partial charge on any atom is 0.141 e. The zero-order valence-electron chi connectivity index (χ0n) is 20.1. The lowest BCUT2D eigenvalue weighted by atomic mass is 9.84. The lowest BCUT2D eigenvalue weighted by molar-refractivity contribution is 0.0853. The number of amidine groups is 1. The van der Waals surface area contributed by atoms with Gasteiger partial charge in [0, 0.05) is 37.4 Å². The Morgan fingerprint density at radius 1 is 1.18 bits per heavy atom. The van der Waals surface area contributed by atoms with Crippen LogP contribution in [0.4, 0.5) is 0 Å². The molecule has 0 bridgehead atoms. The minimum atomic E-state index is -0.173. The lowest BCUT2D eigenvalue weighted by Crippen LogP contribution is -2.56. The van der Waals surface area contributed by atoms with Gasteiger partial charge in [-0.3, -0.25) is 14.9 Å². The molecule has 7 nitrogen and oxygen atoms in total. The monoisotopic (exact) mass is 448 g/mol. The Kier molecular flexibility index (Phi) is 5.03. The van der Waals surface area contributed by atoms with Crippen molar-refractivity contribution in [2.45, 2.75) is 62.2 Å². The molecule has 0 amide bonds. The number of nitrogens with zero attached hydrogens (tertiary/aromatic N) is 5. The number of nitrogens with one attached hydrogen (secondary N) is 1. The molecule has 3 fully saturated rings. The summed E-state index contributed by atoms with van der Waals surface area (Å²) in [5, 5.41) is 3.92. The Balaban J connectivity index is 1.21. The quantitative estimate of drug-likeness (QED) is 0.764. The molecule has 4 aliphatic heterocycles. The molecule has 33 heavy (non-hydrogen) atoms. The van der Waals surface area contributed by atoms with Gasteiger partial charge >= 0.3 is 0 Å². The molecule has 5 aliphatic rings. The van der Waals surface area contributed by atoms with Gasteiger partial charge in [-0.05, 0) is 70.4 Å². The number of fused-ring (bicyclic) bond motifs is 1. The normalized spacial score (nSPS) is 33.1. The average Bonchev–Trinajstić information content (AvgIpc) is 3.52. The highest BCUT2D eigenvalue weighted by Gasteiger charge is 2.51. The van der Waals surface area contributed by atoms with Crippen molar-refractivity contribution in [2.24, 2.45) is 4.99 Å². The molecule has 1 aromatic rings. The number of hydrogen-bond acceptors (Lipinski definition) is 7. The maximum absolute atomic E-state index is 5.61. The first-order valence-corrected chi connectivity index (χ1v) is 12.5. The smallest absolute Gasteiger partial charge is 0.141 e. The van der Waals surface area contributed by atoms with E-state index in [1.165, 1.54) is 25.1 Å². The summed E-state index contributed by atoms with van der Waals surface area (Å²) in [5.74, 6) is 3.31. The Hall–Kier alpha value is -2.38. The highest BCUT2D eigenvalue weighted by atomic mass is 16.5. The number of ether oxygens (including phenoxy) is 1. The number of piperidine rings is 1. The second-order valence-electron chi connectivity index (χ2n) is 10.7. The number of rotatable bonds is 4. The van der Waals surface area contributed by atoms with E-state index in [0.29, 0.717) is 11.6 Å². The molecule has 0 radical (unpaired) electrons. The first-order chi connectivity index (χ1) is 16.0. The minimum Gasteiger partial charge on any atom is -0.495 e. The molecule has 3 atom stereocenters. The zero-order valence-corrected chi connectivity index (χ0v) is 20.1. The van der Waals surface area contributed by atoms with E-state index in [2.05, 4.69) is 57.2 Å². The van der Waals surface area contributed by atoms with Crippen molar-refractivity contribution in [1.82, 2.24) is 25.0 Å². The number of allylic oxidation sites excluding steroid dienone is 2. The molecule has 1 aliphatic carbocycles. The van der Waals surface area contributed by atoms with E-state index in [1.807, 2.05) is 18.3 Å². The van der Waals surface area contributed by atoms with Crippen molar-refractivity contribution < 1.29 is 4.74 Å². The second kappa shape index (κ2) is 7.84. The molecule has 6 rings (SSSR count). The fourth-order valence-electron chi connectivity index (χ4n) is 6.28. The van der Waals surface area contributed by atoms with Crippen molar-refractivity contribution in [3.05, 3.63) is 48.1 Å². The van der Waals surface area contributed by atoms with Crippen LogP contribution in [0.25, 0.3) is 0 Å². The molecule has 1 spiro atoms. The molecule has 2 saturated heterocycles. The fourth-order valence-corrected chi connectivity index (χ4v) is 6.28. The third-order valence-corrected chi connectivity index (χ3v) is 8.53. The predicted octanol–water partition coefficient (Wildman–Crippen LogP) is 2.94. The van der Waals surface area contributed by atoms with Crippen LogP contribution in [0.3, 0.4) is 0 Å². The van der Waals surface area contributed by atoms with Crippen molar-refractivity contribution in [3.63, 3.8) is 0 Å². The van der Waals surface area contributed by atoms with Gasteiger partial charge in [0.2, 0.25) is 0 Å². The van der Waals surface area contributed by atoms with Crippen molar-refractivity contribution in [1.29, 1.82) is 0 Å². The van der Waals surface area contributed by atoms with Crippen LogP contribution in [-0.4, -0.2) is 83.0 Å². The average molecular weight is 449 g/mol. The third-order valence-electron chi connectivity index (χ3n) is 8.53. The van der Waals surface area contributed by atoms with E-state index in [4.69, 9.17) is 9.73 Å². The summed E-state index contributed by atoms with van der Waals surface area (Å²) >= 11 is 0. The first kappa shape index (κ1) is 21.2. The van der Waals surface area contributed by atoms with Crippen LogP contribution >= 0.6 is 0 Å². The van der Waals surface area contributed by atoms with Gasteiger partial charge in [-0.15, -0.1) is 0 Å². The van der Waals surface area contributed by atoms with Crippen LogP contribution in [0.1, 0.15) is 50.8 Å². The Bertz CT molecular complexity index is 1010. The van der Waals surface area contributed by atoms with Gasteiger partial charge in [0.25, 0.3) is 0 Å². The number of aliphatic imine (C=N–C) groups is 1. The number of aromatic nitrogens is 1. The van der Waals surface area contributed by atoms with E-state index < -0.39 is 0 Å². The number of methoxy groups -OCH3 is 1. The van der Waals surface area contributed by atoms with Gasteiger partial charge < -0.3 is 19.9 Å². The number of hydrogen-bond donors (Lipinski definition) is 1. The highest BCUT2D eigenvalue weighted by Crippen LogP contribution is 2.45. The molecular formula is C26H36N6O. The molecule has 1 unspecified atom stereocenters. The molecule has 1 N–H and O–H groups in total. The Morgan fingerprint density at radius 2 is 2.06 bits per heavy atom. The lowest BCUT2D eigenvalue weighted by Gasteiger charge is -2.45. The summed E-state index contributed by atoms with van der Waals surface area (Å²) in [4.78, 5) is 17.6. The van der Waals surface area contributed by atoms with Crippen LogP contribution in [0.15, 0.2) is 47.4 Å². The first-order valence-electron chi connectivity index (χ1n) is 12.5. The van der Waals surface area contributed by atoms with E-state index in [-0.39, 0.29) is 11.6 Å². The molecular weight excluding hydrogens is 412 g/mol. The summed E-state index contributed by atoms with van der Waals surface area (Å²) in [6.45, 7) is 6.60. The van der Waals surface area contributed by atoms with Gasteiger partial charge in [0.1, 0.15) is 17.4 Å². The summed E-state index contributed by atoms with van der Waals surface area (Å²) in [7, 11) is 4.02. The molecule has 5 heterocycles. The maximum atomic E-state index is 5.61. The van der Waals surface area contributed by atoms with Crippen molar-refractivity contribution in [3.8, 4) is 5.75 Å². The second-order valence-corrected chi connectivity index (χ2v) is 10.7. The topological polar surface area (TPSA) is 56.2 Å². The van der Waals surface area contributed by atoms with Gasteiger partial charge in [-0.1, -0.05) is 6.08 Å². The molecule has 1 saturated carbocycles. The third kappa shape index (κ3) is 3.56. The molecule has 7 heteroatoms. The number of likely N-dealkylation sites (N-methyl/N-ethyl adjacent to an activating group) is 1.